The van der Waals surface area contributed by atoms with E-state index in [4.69, 9.17) is 0 Å². The summed E-state index contributed by atoms with van der Waals surface area (Å²) in [5, 5.41) is 0.00412. The van der Waals surface area contributed by atoms with E-state index in [1.807, 2.05) is 18.2 Å². The Morgan fingerprint density at radius 1 is 0.941 bits per heavy atom. The zero-order valence-electron chi connectivity index (χ0n) is 9.00. The van der Waals surface area contributed by atoms with Crippen molar-refractivity contribution in [3.63, 3.8) is 0 Å². The summed E-state index contributed by atoms with van der Waals surface area (Å²) in [5.41, 5.74) is 1.29. The van der Waals surface area contributed by atoms with Crippen LogP contribution in [-0.2, 0) is 0 Å². The number of aldehydes is 1. The molecule has 0 aromatic heterocycles. The zero-order valence-corrected chi connectivity index (χ0v) is 9.81. The second kappa shape index (κ2) is 5.46. The SMILES string of the molecule is O=Cc1ccc(SC(=O)c2ccccc2)cc1. The van der Waals surface area contributed by atoms with E-state index in [-0.39, 0.29) is 5.12 Å². The zero-order chi connectivity index (χ0) is 12.1. The van der Waals surface area contributed by atoms with Gasteiger partial charge in [0.15, 0.2) is 0 Å². The van der Waals surface area contributed by atoms with Crippen LogP contribution < -0.4 is 0 Å². The highest BCUT2D eigenvalue weighted by molar-refractivity contribution is 8.14. The largest absolute Gasteiger partial charge is 0.298 e. The first kappa shape index (κ1) is 11.6. The van der Waals surface area contributed by atoms with E-state index in [0.717, 1.165) is 22.9 Å². The molecule has 0 amide bonds. The molecule has 84 valence electrons. The average molecular weight is 242 g/mol. The van der Waals surface area contributed by atoms with Gasteiger partial charge in [0.2, 0.25) is 5.12 Å². The van der Waals surface area contributed by atoms with E-state index >= 15 is 0 Å². The van der Waals surface area contributed by atoms with Crippen LogP contribution in [0.25, 0.3) is 0 Å². The number of rotatable bonds is 3. The van der Waals surface area contributed by atoms with Gasteiger partial charge < -0.3 is 0 Å². The van der Waals surface area contributed by atoms with E-state index in [9.17, 15) is 9.59 Å². The van der Waals surface area contributed by atoms with E-state index in [0.29, 0.717) is 11.1 Å². The van der Waals surface area contributed by atoms with Crippen LogP contribution in [0, 0.1) is 0 Å². The van der Waals surface area contributed by atoms with Crippen molar-refractivity contribution in [1.82, 2.24) is 0 Å². The molecule has 0 radical (unpaired) electrons. The van der Waals surface area contributed by atoms with Crippen LogP contribution >= 0.6 is 11.8 Å². The molecule has 0 fully saturated rings. The van der Waals surface area contributed by atoms with E-state index in [1.165, 1.54) is 0 Å². The molecule has 2 nitrogen and oxygen atoms in total. The number of hydrogen-bond acceptors (Lipinski definition) is 3. The molecule has 3 heteroatoms. The maximum atomic E-state index is 11.9. The van der Waals surface area contributed by atoms with Crippen LogP contribution in [-0.4, -0.2) is 11.4 Å². The maximum Gasteiger partial charge on any atom is 0.224 e. The Labute approximate surface area is 104 Å². The van der Waals surface area contributed by atoms with Crippen molar-refractivity contribution in [3.05, 3.63) is 65.7 Å². The lowest BCUT2D eigenvalue weighted by atomic mass is 10.2. The minimum atomic E-state index is 0.00412. The van der Waals surface area contributed by atoms with E-state index in [1.54, 1.807) is 36.4 Å². The van der Waals surface area contributed by atoms with Crippen LogP contribution in [0.3, 0.4) is 0 Å². The third kappa shape index (κ3) is 3.04. The van der Waals surface area contributed by atoms with Gasteiger partial charge in [-0.15, -0.1) is 0 Å². The van der Waals surface area contributed by atoms with Crippen molar-refractivity contribution >= 4 is 23.2 Å². The van der Waals surface area contributed by atoms with Crippen LogP contribution in [0.2, 0.25) is 0 Å². The van der Waals surface area contributed by atoms with Gasteiger partial charge in [-0.1, -0.05) is 42.5 Å². The van der Waals surface area contributed by atoms with Crippen LogP contribution in [0.1, 0.15) is 20.7 Å². The van der Waals surface area contributed by atoms with Gasteiger partial charge in [0, 0.05) is 16.0 Å². The number of thioether (sulfide) groups is 1. The van der Waals surface area contributed by atoms with Gasteiger partial charge in [-0.05, 0) is 23.9 Å². The minimum Gasteiger partial charge on any atom is -0.298 e. The number of carbonyl (C=O) groups is 2. The monoisotopic (exact) mass is 242 g/mol. The predicted octanol–water partition coefficient (Wildman–Crippen LogP) is 3.43. The van der Waals surface area contributed by atoms with Gasteiger partial charge in [-0.25, -0.2) is 0 Å². The summed E-state index contributed by atoms with van der Waals surface area (Å²) in [7, 11) is 0. The lowest BCUT2D eigenvalue weighted by Gasteiger charge is -2.00. The van der Waals surface area contributed by atoms with E-state index < -0.39 is 0 Å². The van der Waals surface area contributed by atoms with Crippen LogP contribution in [0.15, 0.2) is 59.5 Å². The molecule has 2 aromatic rings. The average Bonchev–Trinajstić information content (AvgIpc) is 2.40. The Morgan fingerprint density at radius 3 is 2.18 bits per heavy atom. The van der Waals surface area contributed by atoms with Gasteiger partial charge in [0.05, 0.1) is 0 Å². The Balaban J connectivity index is 2.10. The number of benzene rings is 2. The van der Waals surface area contributed by atoms with Gasteiger partial charge in [-0.2, -0.15) is 0 Å². The predicted molar refractivity (Wildman–Crippen MR) is 68.5 cm³/mol. The molecule has 2 rings (SSSR count). The van der Waals surface area contributed by atoms with Crippen LogP contribution in [0.4, 0.5) is 0 Å². The fourth-order valence-electron chi connectivity index (χ4n) is 1.35. The van der Waals surface area contributed by atoms with Crippen molar-refractivity contribution in [2.24, 2.45) is 0 Å². The molecule has 17 heavy (non-hydrogen) atoms. The first-order chi connectivity index (χ1) is 8.29. The molecule has 0 atom stereocenters. The third-order valence-electron chi connectivity index (χ3n) is 2.24. The lowest BCUT2D eigenvalue weighted by Crippen LogP contribution is -1.92. The first-order valence-corrected chi connectivity index (χ1v) is 5.94. The number of hydrogen-bond donors (Lipinski definition) is 0. The van der Waals surface area contributed by atoms with E-state index in [2.05, 4.69) is 0 Å². The molecule has 0 saturated carbocycles. The van der Waals surface area contributed by atoms with Crippen molar-refractivity contribution in [2.45, 2.75) is 4.90 Å². The standard InChI is InChI=1S/C14H10O2S/c15-10-11-6-8-13(9-7-11)17-14(16)12-4-2-1-3-5-12/h1-10H. The van der Waals surface area contributed by atoms with Crippen molar-refractivity contribution in [1.29, 1.82) is 0 Å². The molecular formula is C14H10O2S. The summed E-state index contributed by atoms with van der Waals surface area (Å²) in [6, 6.07) is 16.1. The van der Waals surface area contributed by atoms with Gasteiger partial charge >= 0.3 is 0 Å². The molecule has 0 aliphatic carbocycles. The summed E-state index contributed by atoms with van der Waals surface area (Å²) in [6.45, 7) is 0. The highest BCUT2D eigenvalue weighted by atomic mass is 32.2. The minimum absolute atomic E-state index is 0.00412. The van der Waals surface area contributed by atoms with Gasteiger partial charge in [0.25, 0.3) is 0 Å². The lowest BCUT2D eigenvalue weighted by molar-refractivity contribution is 0.108. The Morgan fingerprint density at radius 2 is 1.59 bits per heavy atom. The molecule has 0 spiro atoms. The topological polar surface area (TPSA) is 34.1 Å². The third-order valence-corrected chi connectivity index (χ3v) is 3.17. The van der Waals surface area contributed by atoms with Crippen molar-refractivity contribution in [2.75, 3.05) is 0 Å². The molecule has 0 aliphatic rings. The molecule has 0 N–H and O–H groups in total. The molecular weight excluding hydrogens is 232 g/mol. The van der Waals surface area contributed by atoms with Crippen molar-refractivity contribution in [3.8, 4) is 0 Å². The van der Waals surface area contributed by atoms with Crippen molar-refractivity contribution < 1.29 is 9.59 Å². The fraction of sp³-hybridized carbons (Fsp3) is 0. The Hall–Kier alpha value is -1.87. The molecule has 0 heterocycles. The van der Waals surface area contributed by atoms with Crippen LogP contribution in [0.5, 0.6) is 0 Å². The highest BCUT2D eigenvalue weighted by Crippen LogP contribution is 2.22. The second-order valence-corrected chi connectivity index (χ2v) is 4.49. The smallest absolute Gasteiger partial charge is 0.224 e. The summed E-state index contributed by atoms with van der Waals surface area (Å²) >= 11 is 1.16. The molecule has 0 bridgehead atoms. The Kier molecular flexibility index (Phi) is 3.73. The molecule has 0 aliphatic heterocycles. The molecule has 2 aromatic carbocycles. The second-order valence-electron chi connectivity index (χ2n) is 3.44. The van der Waals surface area contributed by atoms with Gasteiger partial charge in [-0.3, -0.25) is 9.59 Å². The summed E-state index contributed by atoms with van der Waals surface area (Å²) in [4.78, 5) is 23.2. The molecule has 0 saturated heterocycles. The molecule has 0 unspecified atom stereocenters. The fourth-order valence-corrected chi connectivity index (χ4v) is 2.09. The number of carbonyl (C=O) groups excluding carboxylic acids is 2. The Bertz CT molecular complexity index is 518. The first-order valence-electron chi connectivity index (χ1n) is 5.12. The highest BCUT2D eigenvalue weighted by Gasteiger charge is 2.06. The maximum absolute atomic E-state index is 11.9. The normalized spacial score (nSPS) is 9.88. The quantitative estimate of drug-likeness (QED) is 0.611. The van der Waals surface area contributed by atoms with Gasteiger partial charge in [0.1, 0.15) is 6.29 Å². The summed E-state index contributed by atoms with van der Waals surface area (Å²) in [6.07, 6.45) is 0.785. The summed E-state index contributed by atoms with van der Waals surface area (Å²) in [5.74, 6) is 0. The summed E-state index contributed by atoms with van der Waals surface area (Å²) < 4.78 is 0.